The molecule has 3 fully saturated rings. The summed E-state index contributed by atoms with van der Waals surface area (Å²) in [4.78, 5) is 14.3. The number of nitrogens with two attached hydrogens (primary N) is 2. The first-order valence-electron chi connectivity index (χ1n) is 8.39. The van der Waals surface area contributed by atoms with Crippen molar-refractivity contribution in [3.63, 3.8) is 0 Å². The molecule has 4 N–H and O–H groups in total. The number of hydrogen-bond acceptors (Lipinski definition) is 3. The van der Waals surface area contributed by atoms with Gasteiger partial charge in [0.05, 0.1) is 5.54 Å². The summed E-state index contributed by atoms with van der Waals surface area (Å²) in [5.74, 6) is 1.88. The van der Waals surface area contributed by atoms with Gasteiger partial charge in [-0.15, -0.1) is 0 Å². The van der Waals surface area contributed by atoms with Crippen LogP contribution < -0.4 is 11.5 Å². The molecule has 3 aliphatic rings. The van der Waals surface area contributed by atoms with Gasteiger partial charge in [0.15, 0.2) is 0 Å². The quantitative estimate of drug-likeness (QED) is 0.707. The maximum Gasteiger partial charge on any atom is 0.237 e. The predicted molar refractivity (Wildman–Crippen MR) is 80.0 cm³/mol. The third-order valence-corrected chi connectivity index (χ3v) is 5.55. The van der Waals surface area contributed by atoms with Gasteiger partial charge in [0.1, 0.15) is 0 Å². The highest BCUT2D eigenvalue weighted by Crippen LogP contribution is 2.37. The van der Waals surface area contributed by atoms with Gasteiger partial charge in [0, 0.05) is 13.1 Å². The lowest BCUT2D eigenvalue weighted by Gasteiger charge is -2.30. The van der Waals surface area contributed by atoms with Crippen molar-refractivity contribution in [3.05, 3.63) is 0 Å². The lowest BCUT2D eigenvalue weighted by molar-refractivity contribution is -0.124. The van der Waals surface area contributed by atoms with E-state index in [1.165, 1.54) is 38.8 Å². The van der Waals surface area contributed by atoms with Crippen LogP contribution in [0, 0.1) is 17.8 Å². The second-order valence-corrected chi connectivity index (χ2v) is 7.43. The Labute approximate surface area is 122 Å². The van der Waals surface area contributed by atoms with E-state index < -0.39 is 5.54 Å². The molecule has 3 rings (SSSR count). The van der Waals surface area contributed by atoms with Gasteiger partial charge < -0.3 is 16.4 Å². The minimum atomic E-state index is -0.731. The van der Waals surface area contributed by atoms with Gasteiger partial charge in [-0.3, -0.25) is 4.79 Å². The van der Waals surface area contributed by atoms with Crippen LogP contribution in [0.1, 0.15) is 51.4 Å². The van der Waals surface area contributed by atoms with Crippen LogP contribution in [-0.2, 0) is 4.79 Å². The largest absolute Gasteiger partial charge is 0.368 e. The van der Waals surface area contributed by atoms with Crippen molar-refractivity contribution < 1.29 is 4.79 Å². The molecule has 0 aromatic rings. The van der Waals surface area contributed by atoms with E-state index in [2.05, 4.69) is 4.90 Å². The minimum absolute atomic E-state index is 0.293. The van der Waals surface area contributed by atoms with Gasteiger partial charge in [-0.2, -0.15) is 0 Å². The molecule has 0 heterocycles. The molecule has 3 aliphatic carbocycles. The Balaban J connectivity index is 1.51. The average molecular weight is 279 g/mol. The summed E-state index contributed by atoms with van der Waals surface area (Å²) in [5.41, 5.74) is 11.1. The summed E-state index contributed by atoms with van der Waals surface area (Å²) in [6.07, 6.45) is 9.57. The van der Waals surface area contributed by atoms with Crippen molar-refractivity contribution in [1.82, 2.24) is 4.90 Å². The fourth-order valence-electron chi connectivity index (χ4n) is 3.76. The number of carbonyl (C=O) groups excluding carboxylic acids is 1. The van der Waals surface area contributed by atoms with Gasteiger partial charge in [0.25, 0.3) is 0 Å². The lowest BCUT2D eigenvalue weighted by atomic mass is 9.85. The number of rotatable bonds is 8. The third-order valence-electron chi connectivity index (χ3n) is 5.55. The summed E-state index contributed by atoms with van der Waals surface area (Å²) >= 11 is 0. The fourth-order valence-corrected chi connectivity index (χ4v) is 3.76. The highest BCUT2D eigenvalue weighted by Gasteiger charge is 2.44. The molecular weight excluding hydrogens is 250 g/mol. The summed E-state index contributed by atoms with van der Waals surface area (Å²) in [6.45, 7) is 3.62. The monoisotopic (exact) mass is 279 g/mol. The van der Waals surface area contributed by atoms with Crippen molar-refractivity contribution in [2.75, 3.05) is 19.6 Å². The van der Waals surface area contributed by atoms with Crippen LogP contribution in [0.3, 0.4) is 0 Å². The Kier molecular flexibility index (Phi) is 4.04. The maximum absolute atomic E-state index is 11.6. The maximum atomic E-state index is 11.6. The van der Waals surface area contributed by atoms with E-state index in [9.17, 15) is 4.79 Å². The zero-order chi connectivity index (χ0) is 14.2. The molecule has 1 amide bonds. The van der Waals surface area contributed by atoms with E-state index in [0.29, 0.717) is 5.92 Å². The van der Waals surface area contributed by atoms with E-state index in [0.717, 1.165) is 44.1 Å². The Morgan fingerprint density at radius 3 is 2.20 bits per heavy atom. The number of carbonyl (C=O) groups is 1. The van der Waals surface area contributed by atoms with E-state index >= 15 is 0 Å². The lowest BCUT2D eigenvalue weighted by Crippen LogP contribution is -2.55. The Morgan fingerprint density at radius 1 is 1.10 bits per heavy atom. The standard InChI is InChI=1S/C16H29N3O/c17-15(20)16(18)8-1-2-14(16)7-9-19(10-12-3-4-12)11-13-5-6-13/h12-14H,1-11,18H2,(H2,17,20). The van der Waals surface area contributed by atoms with Crippen LogP contribution in [0.25, 0.3) is 0 Å². The topological polar surface area (TPSA) is 72.3 Å². The molecule has 0 saturated heterocycles. The van der Waals surface area contributed by atoms with Gasteiger partial charge in [0.2, 0.25) is 5.91 Å². The number of hydrogen-bond donors (Lipinski definition) is 2. The minimum Gasteiger partial charge on any atom is -0.368 e. The molecule has 0 aliphatic heterocycles. The summed E-state index contributed by atoms with van der Waals surface area (Å²) in [5, 5.41) is 0. The van der Waals surface area contributed by atoms with Crippen LogP contribution in [0.15, 0.2) is 0 Å². The molecule has 4 heteroatoms. The smallest absolute Gasteiger partial charge is 0.237 e. The van der Waals surface area contributed by atoms with Crippen molar-refractivity contribution in [1.29, 1.82) is 0 Å². The fraction of sp³-hybridized carbons (Fsp3) is 0.938. The van der Waals surface area contributed by atoms with Gasteiger partial charge in [-0.25, -0.2) is 0 Å². The Hall–Kier alpha value is -0.610. The summed E-state index contributed by atoms with van der Waals surface area (Å²) in [6, 6.07) is 0. The second-order valence-electron chi connectivity index (χ2n) is 7.43. The SMILES string of the molecule is NC(=O)C1(N)CCCC1CCN(CC1CC1)CC1CC1. The molecule has 3 saturated carbocycles. The zero-order valence-corrected chi connectivity index (χ0v) is 12.5. The van der Waals surface area contributed by atoms with Gasteiger partial charge >= 0.3 is 0 Å². The van der Waals surface area contributed by atoms with Crippen molar-refractivity contribution in [3.8, 4) is 0 Å². The van der Waals surface area contributed by atoms with Crippen molar-refractivity contribution in [2.24, 2.45) is 29.2 Å². The van der Waals surface area contributed by atoms with Crippen LogP contribution in [0.5, 0.6) is 0 Å². The molecule has 0 aromatic heterocycles. The Bertz CT molecular complexity index is 351. The molecule has 114 valence electrons. The molecule has 2 atom stereocenters. The first kappa shape index (κ1) is 14.3. The molecule has 0 bridgehead atoms. The number of primary amides is 1. The van der Waals surface area contributed by atoms with E-state index in [4.69, 9.17) is 11.5 Å². The molecule has 20 heavy (non-hydrogen) atoms. The van der Waals surface area contributed by atoms with E-state index in [-0.39, 0.29) is 5.91 Å². The summed E-state index contributed by atoms with van der Waals surface area (Å²) in [7, 11) is 0. The normalized spacial score (nSPS) is 33.8. The first-order valence-corrected chi connectivity index (χ1v) is 8.39. The van der Waals surface area contributed by atoms with E-state index in [1.807, 2.05) is 0 Å². The molecular formula is C16H29N3O. The number of amides is 1. The zero-order valence-electron chi connectivity index (χ0n) is 12.5. The number of nitrogens with zero attached hydrogens (tertiary/aromatic N) is 1. The molecule has 0 radical (unpaired) electrons. The van der Waals surface area contributed by atoms with Crippen LogP contribution in [0.4, 0.5) is 0 Å². The Morgan fingerprint density at radius 2 is 1.70 bits per heavy atom. The highest BCUT2D eigenvalue weighted by molar-refractivity contribution is 5.85. The van der Waals surface area contributed by atoms with Crippen LogP contribution in [-0.4, -0.2) is 36.0 Å². The van der Waals surface area contributed by atoms with E-state index in [1.54, 1.807) is 0 Å². The molecule has 4 nitrogen and oxygen atoms in total. The highest BCUT2D eigenvalue weighted by atomic mass is 16.1. The molecule has 0 spiro atoms. The predicted octanol–water partition coefficient (Wildman–Crippen LogP) is 1.48. The van der Waals surface area contributed by atoms with Crippen molar-refractivity contribution >= 4 is 5.91 Å². The third kappa shape index (κ3) is 3.34. The second kappa shape index (κ2) is 5.64. The first-order chi connectivity index (χ1) is 9.58. The van der Waals surface area contributed by atoms with Gasteiger partial charge in [-0.1, -0.05) is 6.42 Å². The van der Waals surface area contributed by atoms with Gasteiger partial charge in [-0.05, 0) is 69.2 Å². The average Bonchev–Trinajstić information content (AvgIpc) is 3.31. The molecule has 2 unspecified atom stereocenters. The summed E-state index contributed by atoms with van der Waals surface area (Å²) < 4.78 is 0. The molecule has 0 aromatic carbocycles. The van der Waals surface area contributed by atoms with Crippen molar-refractivity contribution in [2.45, 2.75) is 56.9 Å². The van der Waals surface area contributed by atoms with Crippen LogP contribution in [0.2, 0.25) is 0 Å². The van der Waals surface area contributed by atoms with Crippen LogP contribution >= 0.6 is 0 Å².